The molecule has 0 aliphatic rings. The number of allylic oxidation sites excluding steroid dienone is 3. The van der Waals surface area contributed by atoms with Gasteiger partial charge in [-0.15, -0.1) is 0 Å². The van der Waals surface area contributed by atoms with Crippen LogP contribution in [0, 0.1) is 5.82 Å². The van der Waals surface area contributed by atoms with Crippen LogP contribution in [0.1, 0.15) is 12.5 Å². The molecule has 0 bridgehead atoms. The van der Waals surface area contributed by atoms with Crippen molar-refractivity contribution in [3.63, 3.8) is 0 Å². The number of nitrogens with one attached hydrogen (secondary N) is 1. The lowest BCUT2D eigenvalue weighted by molar-refractivity contribution is -0.151. The molecule has 0 heterocycles. The highest BCUT2D eigenvalue weighted by atomic mass is 19.1. The van der Waals surface area contributed by atoms with E-state index in [-0.39, 0.29) is 6.42 Å². The molecule has 0 spiro atoms. The number of hydrogen-bond donors (Lipinski definition) is 1. The van der Waals surface area contributed by atoms with E-state index >= 15 is 0 Å². The van der Waals surface area contributed by atoms with Gasteiger partial charge in [0.25, 0.3) is 5.91 Å². The van der Waals surface area contributed by atoms with Gasteiger partial charge < -0.3 is 14.8 Å². The maximum absolute atomic E-state index is 13.1. The number of hydrogen-bond acceptors (Lipinski definition) is 4. The van der Waals surface area contributed by atoms with Crippen molar-refractivity contribution in [2.75, 3.05) is 12.4 Å². The second kappa shape index (κ2) is 11.4. The molecule has 2 aromatic rings. The molecule has 5 nitrogen and oxygen atoms in total. The molecule has 0 saturated carbocycles. The highest BCUT2D eigenvalue weighted by Gasteiger charge is 2.26. The van der Waals surface area contributed by atoms with E-state index in [0.29, 0.717) is 17.0 Å². The van der Waals surface area contributed by atoms with Crippen LogP contribution in [0.2, 0.25) is 0 Å². The van der Waals surface area contributed by atoms with Gasteiger partial charge in [-0.1, -0.05) is 43.0 Å². The molecular formula is C24H24FNO4. The molecule has 30 heavy (non-hydrogen) atoms. The summed E-state index contributed by atoms with van der Waals surface area (Å²) >= 11 is 0. The van der Waals surface area contributed by atoms with Crippen molar-refractivity contribution in [1.29, 1.82) is 0 Å². The third-order valence-corrected chi connectivity index (χ3v) is 4.17. The van der Waals surface area contributed by atoms with Crippen molar-refractivity contribution in [3.05, 3.63) is 96.4 Å². The Labute approximate surface area is 175 Å². The number of carbonyl (C=O) groups is 2. The Balaban J connectivity index is 2.17. The fourth-order valence-corrected chi connectivity index (χ4v) is 2.61. The molecule has 2 rings (SSSR count). The average Bonchev–Trinajstić information content (AvgIpc) is 2.75. The molecule has 0 fully saturated rings. The van der Waals surface area contributed by atoms with Crippen molar-refractivity contribution in [3.8, 4) is 5.75 Å². The zero-order valence-electron chi connectivity index (χ0n) is 16.9. The molecule has 0 aliphatic carbocycles. The van der Waals surface area contributed by atoms with E-state index < -0.39 is 23.8 Å². The molecule has 0 saturated heterocycles. The second-order valence-electron chi connectivity index (χ2n) is 6.27. The number of ether oxygens (including phenoxy) is 2. The van der Waals surface area contributed by atoms with Gasteiger partial charge in [0.2, 0.25) is 6.10 Å². The molecule has 156 valence electrons. The SMILES string of the molecule is C=C/C=C\C(=C/C)C(OC(=O)Cc1ccc(OC)cc1)C(=O)Nc1ccc(F)cc1. The van der Waals surface area contributed by atoms with E-state index in [9.17, 15) is 14.0 Å². The van der Waals surface area contributed by atoms with Crippen LogP contribution in [0.4, 0.5) is 10.1 Å². The van der Waals surface area contributed by atoms with Gasteiger partial charge in [-0.05, 0) is 54.5 Å². The molecule has 0 aliphatic heterocycles. The standard InChI is InChI=1S/C24H24FNO4/c1-4-6-7-18(5-2)23(24(28)26-20-12-10-19(25)11-13-20)30-22(27)16-17-8-14-21(29-3)15-9-17/h4-15,23H,1,16H2,2-3H3,(H,26,28)/b7-6-,18-5+. The van der Waals surface area contributed by atoms with Crippen molar-refractivity contribution in [2.45, 2.75) is 19.4 Å². The molecular weight excluding hydrogens is 385 g/mol. The summed E-state index contributed by atoms with van der Waals surface area (Å²) in [6.45, 7) is 5.34. The maximum atomic E-state index is 13.1. The Morgan fingerprint density at radius 3 is 2.37 bits per heavy atom. The zero-order chi connectivity index (χ0) is 21.9. The Morgan fingerprint density at radius 1 is 1.13 bits per heavy atom. The number of amides is 1. The quantitative estimate of drug-likeness (QED) is 0.485. The summed E-state index contributed by atoms with van der Waals surface area (Å²) in [6.07, 6.45) is 5.33. The van der Waals surface area contributed by atoms with Crippen molar-refractivity contribution >= 4 is 17.6 Å². The molecule has 6 heteroatoms. The highest BCUT2D eigenvalue weighted by Crippen LogP contribution is 2.17. The number of esters is 1. The Bertz CT molecular complexity index is 931. The minimum Gasteiger partial charge on any atom is -0.497 e. The van der Waals surface area contributed by atoms with Crippen LogP contribution in [0.3, 0.4) is 0 Å². The third-order valence-electron chi connectivity index (χ3n) is 4.17. The predicted octanol–water partition coefficient (Wildman–Crippen LogP) is 4.62. The summed E-state index contributed by atoms with van der Waals surface area (Å²) in [4.78, 5) is 25.4. The summed E-state index contributed by atoms with van der Waals surface area (Å²) in [5.41, 5.74) is 1.60. The van der Waals surface area contributed by atoms with Gasteiger partial charge in [0.15, 0.2) is 0 Å². The number of rotatable bonds is 9. The first kappa shape index (κ1) is 22.6. The highest BCUT2D eigenvalue weighted by molar-refractivity contribution is 5.98. The second-order valence-corrected chi connectivity index (χ2v) is 6.27. The number of halogens is 1. The van der Waals surface area contributed by atoms with Crippen LogP contribution in [0.15, 0.2) is 85.0 Å². The van der Waals surface area contributed by atoms with Crippen molar-refractivity contribution < 1.29 is 23.5 Å². The first-order valence-corrected chi connectivity index (χ1v) is 9.31. The number of anilines is 1. The minimum absolute atomic E-state index is 0.00745. The van der Waals surface area contributed by atoms with Gasteiger partial charge in [-0.25, -0.2) is 4.39 Å². The average molecular weight is 409 g/mol. The van der Waals surface area contributed by atoms with Crippen molar-refractivity contribution in [1.82, 2.24) is 0 Å². The van der Waals surface area contributed by atoms with E-state index in [2.05, 4.69) is 11.9 Å². The molecule has 1 N–H and O–H groups in total. The lowest BCUT2D eigenvalue weighted by atomic mass is 10.1. The zero-order valence-corrected chi connectivity index (χ0v) is 16.9. The topological polar surface area (TPSA) is 64.6 Å². The lowest BCUT2D eigenvalue weighted by Gasteiger charge is -2.19. The summed E-state index contributed by atoms with van der Waals surface area (Å²) in [6, 6.07) is 12.3. The van der Waals surface area contributed by atoms with E-state index in [4.69, 9.17) is 9.47 Å². The number of methoxy groups -OCH3 is 1. The van der Waals surface area contributed by atoms with Crippen LogP contribution in [-0.2, 0) is 20.7 Å². The summed E-state index contributed by atoms with van der Waals surface area (Å²) in [5.74, 6) is -0.856. The first-order valence-electron chi connectivity index (χ1n) is 9.31. The van der Waals surface area contributed by atoms with E-state index in [0.717, 1.165) is 5.56 Å². The number of benzene rings is 2. The summed E-state index contributed by atoms with van der Waals surface area (Å²) in [7, 11) is 1.56. The monoisotopic (exact) mass is 409 g/mol. The van der Waals surface area contributed by atoms with Gasteiger partial charge in [0.1, 0.15) is 11.6 Å². The molecule has 0 radical (unpaired) electrons. The van der Waals surface area contributed by atoms with Crippen LogP contribution < -0.4 is 10.1 Å². The van der Waals surface area contributed by atoms with Crippen LogP contribution >= 0.6 is 0 Å². The van der Waals surface area contributed by atoms with Crippen LogP contribution in [-0.4, -0.2) is 25.1 Å². The molecule has 1 unspecified atom stereocenters. The molecule has 0 aromatic heterocycles. The Hall–Kier alpha value is -3.67. The lowest BCUT2D eigenvalue weighted by Crippen LogP contribution is -2.34. The summed E-state index contributed by atoms with van der Waals surface area (Å²) < 4.78 is 23.7. The van der Waals surface area contributed by atoms with Gasteiger partial charge in [0.05, 0.1) is 13.5 Å². The fourth-order valence-electron chi connectivity index (χ4n) is 2.61. The van der Waals surface area contributed by atoms with E-state index in [1.165, 1.54) is 24.3 Å². The van der Waals surface area contributed by atoms with E-state index in [1.807, 2.05) is 0 Å². The van der Waals surface area contributed by atoms with E-state index in [1.54, 1.807) is 62.6 Å². The van der Waals surface area contributed by atoms with Gasteiger partial charge in [-0.3, -0.25) is 9.59 Å². The normalized spacial score (nSPS) is 12.3. The largest absolute Gasteiger partial charge is 0.497 e. The fraction of sp³-hybridized carbons (Fsp3) is 0.167. The predicted molar refractivity (Wildman–Crippen MR) is 115 cm³/mol. The number of carbonyl (C=O) groups excluding carboxylic acids is 2. The maximum Gasteiger partial charge on any atom is 0.311 e. The van der Waals surface area contributed by atoms with Crippen LogP contribution in [0.25, 0.3) is 0 Å². The smallest absolute Gasteiger partial charge is 0.311 e. The molecule has 2 aromatic carbocycles. The van der Waals surface area contributed by atoms with Gasteiger partial charge in [0, 0.05) is 5.69 Å². The Morgan fingerprint density at radius 2 is 1.80 bits per heavy atom. The van der Waals surface area contributed by atoms with Gasteiger partial charge >= 0.3 is 5.97 Å². The molecule has 1 amide bonds. The van der Waals surface area contributed by atoms with Crippen molar-refractivity contribution in [2.24, 2.45) is 0 Å². The third kappa shape index (κ3) is 6.74. The van der Waals surface area contributed by atoms with Crippen LogP contribution in [0.5, 0.6) is 5.75 Å². The summed E-state index contributed by atoms with van der Waals surface area (Å²) in [5, 5.41) is 2.64. The Kier molecular flexibility index (Phi) is 8.56. The van der Waals surface area contributed by atoms with Gasteiger partial charge in [-0.2, -0.15) is 0 Å². The minimum atomic E-state index is -1.18. The first-order chi connectivity index (χ1) is 14.5. The molecule has 1 atom stereocenters.